The second-order valence-corrected chi connectivity index (χ2v) is 7.27. The first kappa shape index (κ1) is 14.8. The number of amides is 1. The Morgan fingerprint density at radius 3 is 2.58 bits per heavy atom. The van der Waals surface area contributed by atoms with Gasteiger partial charge in [-0.15, -0.1) is 0 Å². The zero-order valence-electron chi connectivity index (χ0n) is 12.9. The molecule has 2 fully saturated rings. The maximum atomic E-state index is 12.4. The first-order valence-corrected chi connectivity index (χ1v) is 8.02. The number of hydrogen-bond donors (Lipinski definition) is 1. The summed E-state index contributed by atoms with van der Waals surface area (Å²) < 4.78 is 0. The summed E-state index contributed by atoms with van der Waals surface area (Å²) in [6.45, 7) is 8.24. The van der Waals surface area contributed by atoms with Crippen molar-refractivity contribution in [1.82, 2.24) is 10.2 Å². The van der Waals surface area contributed by atoms with Crippen LogP contribution in [0.1, 0.15) is 65.7 Å². The molecule has 3 heteroatoms. The first-order chi connectivity index (χ1) is 8.97. The molecule has 1 N–H and O–H groups in total. The topological polar surface area (TPSA) is 32.3 Å². The van der Waals surface area contributed by atoms with E-state index in [1.807, 2.05) is 0 Å². The maximum Gasteiger partial charge on any atom is 0.224 e. The lowest BCUT2D eigenvalue weighted by molar-refractivity contribution is -0.137. The Hall–Kier alpha value is -0.570. The lowest BCUT2D eigenvalue weighted by Crippen LogP contribution is -2.50. The fourth-order valence-corrected chi connectivity index (χ4v) is 3.62. The van der Waals surface area contributed by atoms with Crippen LogP contribution in [0.15, 0.2) is 0 Å². The van der Waals surface area contributed by atoms with Gasteiger partial charge in [-0.1, -0.05) is 12.8 Å². The lowest BCUT2D eigenvalue weighted by Gasteiger charge is -2.44. The second kappa shape index (κ2) is 6.25. The smallest absolute Gasteiger partial charge is 0.224 e. The SMILES string of the molecule is CC(C)(C)NCCC(=O)N1CCC[C@H]2CCCC[C@H]21. The Morgan fingerprint density at radius 2 is 1.84 bits per heavy atom. The zero-order valence-corrected chi connectivity index (χ0v) is 12.9. The monoisotopic (exact) mass is 266 g/mol. The van der Waals surface area contributed by atoms with Crippen LogP contribution in [0.2, 0.25) is 0 Å². The van der Waals surface area contributed by atoms with E-state index in [-0.39, 0.29) is 5.54 Å². The van der Waals surface area contributed by atoms with Crippen molar-refractivity contribution in [3.63, 3.8) is 0 Å². The molecule has 2 aliphatic rings. The Bertz CT molecular complexity index is 306. The van der Waals surface area contributed by atoms with Crippen LogP contribution in [0.25, 0.3) is 0 Å². The largest absolute Gasteiger partial charge is 0.339 e. The molecule has 1 aliphatic heterocycles. The molecule has 0 spiro atoms. The van der Waals surface area contributed by atoms with Gasteiger partial charge in [-0.2, -0.15) is 0 Å². The third-order valence-electron chi connectivity index (χ3n) is 4.56. The fourth-order valence-electron chi connectivity index (χ4n) is 3.62. The fraction of sp³-hybridized carbons (Fsp3) is 0.938. The highest BCUT2D eigenvalue weighted by molar-refractivity contribution is 5.76. The predicted molar refractivity (Wildman–Crippen MR) is 79.1 cm³/mol. The summed E-state index contributed by atoms with van der Waals surface area (Å²) in [7, 11) is 0. The van der Waals surface area contributed by atoms with E-state index < -0.39 is 0 Å². The van der Waals surface area contributed by atoms with Crippen LogP contribution in [-0.4, -0.2) is 35.5 Å². The van der Waals surface area contributed by atoms with Gasteiger partial charge in [0, 0.05) is 31.1 Å². The number of carbonyl (C=O) groups excluding carboxylic acids is 1. The summed E-state index contributed by atoms with van der Waals surface area (Å²) in [5.41, 5.74) is 0.107. The second-order valence-electron chi connectivity index (χ2n) is 7.27. The molecule has 2 rings (SSSR count). The molecule has 1 amide bonds. The van der Waals surface area contributed by atoms with Crippen LogP contribution in [0.3, 0.4) is 0 Å². The van der Waals surface area contributed by atoms with Crippen molar-refractivity contribution < 1.29 is 4.79 Å². The van der Waals surface area contributed by atoms with Crippen molar-refractivity contribution in [1.29, 1.82) is 0 Å². The minimum Gasteiger partial charge on any atom is -0.339 e. The molecule has 3 nitrogen and oxygen atoms in total. The molecule has 0 unspecified atom stereocenters. The molecule has 19 heavy (non-hydrogen) atoms. The molecule has 1 saturated heterocycles. The Morgan fingerprint density at radius 1 is 1.16 bits per heavy atom. The van der Waals surface area contributed by atoms with E-state index in [9.17, 15) is 4.79 Å². The normalized spacial score (nSPS) is 28.1. The Balaban J connectivity index is 1.83. The molecule has 0 aromatic heterocycles. The third kappa shape index (κ3) is 4.20. The molecule has 0 aromatic rings. The first-order valence-electron chi connectivity index (χ1n) is 8.02. The summed E-state index contributed by atoms with van der Waals surface area (Å²) >= 11 is 0. The molecule has 0 bridgehead atoms. The number of nitrogens with one attached hydrogen (secondary N) is 1. The molecule has 2 atom stereocenters. The van der Waals surface area contributed by atoms with Gasteiger partial charge in [-0.05, 0) is 52.4 Å². The summed E-state index contributed by atoms with van der Waals surface area (Å²) in [6, 6.07) is 0.560. The van der Waals surface area contributed by atoms with Gasteiger partial charge in [-0.3, -0.25) is 4.79 Å². The van der Waals surface area contributed by atoms with Crippen LogP contribution in [-0.2, 0) is 4.79 Å². The quantitative estimate of drug-likeness (QED) is 0.852. The van der Waals surface area contributed by atoms with E-state index in [1.54, 1.807) is 0 Å². The average Bonchev–Trinajstić information content (AvgIpc) is 2.36. The van der Waals surface area contributed by atoms with Gasteiger partial charge in [0.2, 0.25) is 5.91 Å². The molecular formula is C16H30N2O. The van der Waals surface area contributed by atoms with Gasteiger partial charge >= 0.3 is 0 Å². The number of hydrogen-bond acceptors (Lipinski definition) is 2. The molecule has 1 heterocycles. The molecule has 1 aliphatic carbocycles. The Labute approximate surface area is 118 Å². The van der Waals surface area contributed by atoms with E-state index in [2.05, 4.69) is 31.0 Å². The number of carbonyl (C=O) groups is 1. The summed E-state index contributed by atoms with van der Waals surface area (Å²) in [5.74, 6) is 1.16. The minimum absolute atomic E-state index is 0.107. The van der Waals surface area contributed by atoms with Crippen molar-refractivity contribution in [2.75, 3.05) is 13.1 Å². The number of fused-ring (bicyclic) bond motifs is 1. The van der Waals surface area contributed by atoms with Crippen molar-refractivity contribution in [3.05, 3.63) is 0 Å². The van der Waals surface area contributed by atoms with Gasteiger partial charge in [0.05, 0.1) is 0 Å². The van der Waals surface area contributed by atoms with Crippen molar-refractivity contribution in [3.8, 4) is 0 Å². The minimum atomic E-state index is 0.107. The number of rotatable bonds is 3. The standard InChI is InChI=1S/C16H30N2O/c1-16(2,3)17-11-10-15(19)18-12-6-8-13-7-4-5-9-14(13)18/h13-14,17H,4-12H2,1-3H3/t13-,14-/m1/s1. The van der Waals surface area contributed by atoms with E-state index in [4.69, 9.17) is 0 Å². The third-order valence-corrected chi connectivity index (χ3v) is 4.56. The van der Waals surface area contributed by atoms with Crippen LogP contribution in [0.5, 0.6) is 0 Å². The summed E-state index contributed by atoms with van der Waals surface area (Å²) in [5, 5.41) is 3.42. The molecule has 110 valence electrons. The van der Waals surface area contributed by atoms with Gasteiger partial charge in [0.25, 0.3) is 0 Å². The lowest BCUT2D eigenvalue weighted by atomic mass is 9.78. The number of piperidine rings is 1. The highest BCUT2D eigenvalue weighted by Crippen LogP contribution is 2.35. The van der Waals surface area contributed by atoms with Crippen LogP contribution < -0.4 is 5.32 Å². The zero-order chi connectivity index (χ0) is 13.9. The Kier molecular flexibility index (Phi) is 4.88. The van der Waals surface area contributed by atoms with Gasteiger partial charge in [-0.25, -0.2) is 0 Å². The molecular weight excluding hydrogens is 236 g/mol. The molecule has 0 radical (unpaired) electrons. The van der Waals surface area contributed by atoms with Crippen LogP contribution in [0.4, 0.5) is 0 Å². The van der Waals surface area contributed by atoms with Crippen molar-refractivity contribution in [2.24, 2.45) is 5.92 Å². The summed E-state index contributed by atoms with van der Waals surface area (Å²) in [4.78, 5) is 14.6. The van der Waals surface area contributed by atoms with Crippen molar-refractivity contribution >= 4 is 5.91 Å². The number of nitrogens with zero attached hydrogens (tertiary/aromatic N) is 1. The van der Waals surface area contributed by atoms with Gasteiger partial charge < -0.3 is 10.2 Å². The summed E-state index contributed by atoms with van der Waals surface area (Å²) in [6.07, 6.45) is 8.46. The average molecular weight is 266 g/mol. The molecule has 1 saturated carbocycles. The predicted octanol–water partition coefficient (Wildman–Crippen LogP) is 2.95. The van der Waals surface area contributed by atoms with E-state index in [1.165, 1.54) is 38.5 Å². The van der Waals surface area contributed by atoms with E-state index >= 15 is 0 Å². The van der Waals surface area contributed by atoms with Gasteiger partial charge in [0.15, 0.2) is 0 Å². The molecule has 0 aromatic carbocycles. The van der Waals surface area contributed by atoms with E-state index in [0.29, 0.717) is 18.4 Å². The maximum absolute atomic E-state index is 12.4. The van der Waals surface area contributed by atoms with Crippen LogP contribution >= 0.6 is 0 Å². The van der Waals surface area contributed by atoms with Crippen molar-refractivity contribution in [2.45, 2.75) is 77.3 Å². The highest BCUT2D eigenvalue weighted by atomic mass is 16.2. The number of likely N-dealkylation sites (tertiary alicyclic amines) is 1. The highest BCUT2D eigenvalue weighted by Gasteiger charge is 2.35. The van der Waals surface area contributed by atoms with E-state index in [0.717, 1.165) is 19.0 Å². The van der Waals surface area contributed by atoms with Crippen LogP contribution in [0, 0.1) is 5.92 Å². The van der Waals surface area contributed by atoms with Gasteiger partial charge in [0.1, 0.15) is 0 Å².